The van der Waals surface area contributed by atoms with E-state index in [0.717, 1.165) is 46.8 Å². The van der Waals surface area contributed by atoms with Crippen LogP contribution in [0.2, 0.25) is 0 Å². The lowest BCUT2D eigenvalue weighted by atomic mass is 9.85. The van der Waals surface area contributed by atoms with Gasteiger partial charge in [0.25, 0.3) is 0 Å². The third kappa shape index (κ3) is 5.92. The van der Waals surface area contributed by atoms with Crippen LogP contribution in [-0.4, -0.2) is 80.9 Å². The number of anilines is 2. The van der Waals surface area contributed by atoms with Gasteiger partial charge in [0.2, 0.25) is 11.8 Å². The van der Waals surface area contributed by atoms with Crippen molar-refractivity contribution in [1.82, 2.24) is 35.2 Å². The molecule has 0 bridgehead atoms. The molecule has 4 aliphatic rings. The molecule has 2 fully saturated rings. The van der Waals surface area contributed by atoms with Crippen molar-refractivity contribution in [2.75, 3.05) is 49.6 Å². The molecule has 258 valence electrons. The maximum absolute atomic E-state index is 14.0. The molecule has 2 aromatic carbocycles. The van der Waals surface area contributed by atoms with Gasteiger partial charge in [-0.25, -0.2) is 5.43 Å². The number of alkyl halides is 3. The van der Waals surface area contributed by atoms with Crippen LogP contribution in [0.1, 0.15) is 47.7 Å². The molecule has 2 aromatic heterocycles. The van der Waals surface area contributed by atoms with Gasteiger partial charge in [-0.3, -0.25) is 24.2 Å². The van der Waals surface area contributed by atoms with E-state index in [-0.39, 0.29) is 18.4 Å². The minimum atomic E-state index is -4.55. The highest BCUT2D eigenvalue weighted by molar-refractivity contribution is 6.00. The average molecular weight is 684 g/mol. The number of amides is 2. The topological polar surface area (TPSA) is 112 Å². The number of likely N-dealkylation sites (tertiary alicyclic amines) is 1. The van der Waals surface area contributed by atoms with Crippen LogP contribution >= 0.6 is 0 Å². The molecule has 0 aliphatic carbocycles. The van der Waals surface area contributed by atoms with Gasteiger partial charge < -0.3 is 15.2 Å². The first-order valence-electron chi connectivity index (χ1n) is 16.7. The molecule has 8 rings (SSSR count). The number of carbonyl (C=O) groups is 2. The average Bonchev–Trinajstić information content (AvgIpc) is 3.92. The molecule has 1 spiro atoms. The molecule has 4 aliphatic heterocycles. The molecule has 2 amide bonds. The van der Waals surface area contributed by atoms with Crippen molar-refractivity contribution in [2.24, 2.45) is 12.5 Å². The molecule has 2 atom stereocenters. The van der Waals surface area contributed by atoms with Gasteiger partial charge in [-0.2, -0.15) is 13.2 Å². The second-order valence-electron chi connectivity index (χ2n) is 13.6. The van der Waals surface area contributed by atoms with Gasteiger partial charge >= 0.3 is 6.18 Å². The fraction of sp³-hybridized carbons (Fsp3) is 0.361. The monoisotopic (exact) mass is 683 g/mol. The number of hydrogen-bond acceptors (Lipinski definition) is 8. The number of hydrazine groups is 1. The highest BCUT2D eigenvalue weighted by Gasteiger charge is 2.51. The van der Waals surface area contributed by atoms with Gasteiger partial charge in [0.15, 0.2) is 0 Å². The molecular weight excluding hydrogens is 647 g/mol. The van der Waals surface area contributed by atoms with Gasteiger partial charge in [-0.1, -0.05) is 35.6 Å². The van der Waals surface area contributed by atoms with E-state index in [0.29, 0.717) is 56.8 Å². The van der Waals surface area contributed by atoms with E-state index in [2.05, 4.69) is 49.3 Å². The van der Waals surface area contributed by atoms with Crippen LogP contribution in [0.3, 0.4) is 0 Å². The van der Waals surface area contributed by atoms with Crippen LogP contribution in [0, 0.1) is 5.41 Å². The summed E-state index contributed by atoms with van der Waals surface area (Å²) >= 11 is 0. The lowest BCUT2D eigenvalue weighted by molar-refractivity contribution is -0.141. The Morgan fingerprint density at radius 1 is 1.02 bits per heavy atom. The number of nitrogens with one attached hydrogen (secondary N) is 2. The number of fused-ring (bicyclic) bond motifs is 1. The molecule has 0 radical (unpaired) electrons. The zero-order valence-electron chi connectivity index (χ0n) is 27.5. The largest absolute Gasteiger partial charge is 0.433 e. The Bertz CT molecular complexity index is 1990. The maximum Gasteiger partial charge on any atom is 0.433 e. The van der Waals surface area contributed by atoms with Gasteiger partial charge in [0, 0.05) is 56.2 Å². The standard InChI is InChI=1S/C36H36F3N9O2/c1-45-20-30(42-44-45)25-4-2-23(3-5-25)24-9-14-47(15-10-24)32(49)21-46-16-11-35(22-46)12-17-48(34(35)50)27-6-7-29-28(19-27)33(43-41-29)26-8-13-40-31(18-26)36(37,38)39/h2-9,13,18-20,33,41,43H,10-12,14-17,21-22H2,1H3/t33?,35-/m0/s1. The number of aryl methyl sites for hydroxylation is 1. The van der Waals surface area contributed by atoms with E-state index >= 15 is 0 Å². The van der Waals surface area contributed by atoms with Crippen LogP contribution in [-0.2, 0) is 22.8 Å². The minimum Gasteiger partial charge on any atom is -0.338 e. The fourth-order valence-electron chi connectivity index (χ4n) is 7.67. The van der Waals surface area contributed by atoms with Crippen molar-refractivity contribution < 1.29 is 22.8 Å². The van der Waals surface area contributed by atoms with E-state index in [1.807, 2.05) is 48.5 Å². The molecular formula is C36H36F3N9O2. The number of nitrogens with zero attached hydrogens (tertiary/aromatic N) is 7. The first-order chi connectivity index (χ1) is 24.1. The summed E-state index contributed by atoms with van der Waals surface area (Å²) in [6.07, 6.45) is 2.74. The molecule has 11 nitrogen and oxygen atoms in total. The van der Waals surface area contributed by atoms with Crippen molar-refractivity contribution in [1.29, 1.82) is 0 Å². The number of benzene rings is 2. The Labute approximate surface area is 286 Å². The molecule has 6 heterocycles. The van der Waals surface area contributed by atoms with Crippen LogP contribution in [0.5, 0.6) is 0 Å². The summed E-state index contributed by atoms with van der Waals surface area (Å²) in [7, 11) is 1.84. The van der Waals surface area contributed by atoms with E-state index in [1.54, 1.807) is 15.6 Å². The van der Waals surface area contributed by atoms with Crippen molar-refractivity contribution in [3.8, 4) is 11.3 Å². The third-order valence-electron chi connectivity index (χ3n) is 10.4. The van der Waals surface area contributed by atoms with Gasteiger partial charge in [-0.15, -0.1) is 5.10 Å². The Morgan fingerprint density at radius 3 is 2.56 bits per heavy atom. The molecule has 0 saturated carbocycles. The summed E-state index contributed by atoms with van der Waals surface area (Å²) < 4.78 is 41.7. The second-order valence-corrected chi connectivity index (χ2v) is 13.6. The Balaban J connectivity index is 0.888. The second kappa shape index (κ2) is 12.4. The number of aromatic nitrogens is 4. The third-order valence-corrected chi connectivity index (χ3v) is 10.4. The number of hydrogen-bond donors (Lipinski definition) is 2. The smallest absolute Gasteiger partial charge is 0.338 e. The van der Waals surface area contributed by atoms with Crippen molar-refractivity contribution >= 4 is 28.8 Å². The number of carbonyl (C=O) groups excluding carboxylic acids is 2. The van der Waals surface area contributed by atoms with E-state index in [1.165, 1.54) is 5.57 Å². The summed E-state index contributed by atoms with van der Waals surface area (Å²) in [6, 6.07) is 15.9. The quantitative estimate of drug-likeness (QED) is 0.302. The predicted octanol–water partition coefficient (Wildman–Crippen LogP) is 4.66. The van der Waals surface area contributed by atoms with Crippen molar-refractivity contribution in [3.05, 3.63) is 95.5 Å². The Hall–Kier alpha value is -5.08. The summed E-state index contributed by atoms with van der Waals surface area (Å²) in [5, 5.41) is 8.17. The van der Waals surface area contributed by atoms with Crippen LogP contribution in [0.15, 0.2) is 73.1 Å². The van der Waals surface area contributed by atoms with E-state index in [9.17, 15) is 22.8 Å². The van der Waals surface area contributed by atoms with Crippen LogP contribution < -0.4 is 15.8 Å². The SMILES string of the molecule is Cn1cc(-c2ccc(C3=CCN(C(=O)CN4CC[C@]5(CCN(c6ccc7c(c6)C(c6ccnc(C(F)(F)F)c6)NN7)C5=O)C4)CC3)cc2)nn1. The Kier molecular flexibility index (Phi) is 7.94. The summed E-state index contributed by atoms with van der Waals surface area (Å²) in [5.41, 5.74) is 11.4. The zero-order valence-corrected chi connectivity index (χ0v) is 27.5. The first-order valence-corrected chi connectivity index (χ1v) is 16.7. The molecule has 1 unspecified atom stereocenters. The van der Waals surface area contributed by atoms with Crippen molar-refractivity contribution in [3.63, 3.8) is 0 Å². The number of halogens is 3. The normalized spacial score (nSPS) is 22.3. The molecule has 2 N–H and O–H groups in total. The molecule has 2 saturated heterocycles. The van der Waals surface area contributed by atoms with Gasteiger partial charge in [0.1, 0.15) is 11.4 Å². The number of pyridine rings is 1. The van der Waals surface area contributed by atoms with Crippen molar-refractivity contribution in [2.45, 2.75) is 31.5 Å². The minimum absolute atomic E-state index is 0.0296. The fourth-order valence-corrected chi connectivity index (χ4v) is 7.67. The summed E-state index contributed by atoms with van der Waals surface area (Å²) in [4.78, 5) is 36.6. The van der Waals surface area contributed by atoms with Crippen LogP contribution in [0.25, 0.3) is 16.8 Å². The van der Waals surface area contributed by atoms with Gasteiger partial charge in [0.05, 0.1) is 29.9 Å². The Morgan fingerprint density at radius 2 is 1.82 bits per heavy atom. The highest BCUT2D eigenvalue weighted by atomic mass is 19.4. The van der Waals surface area contributed by atoms with E-state index < -0.39 is 23.3 Å². The van der Waals surface area contributed by atoms with Crippen LogP contribution in [0.4, 0.5) is 24.5 Å². The summed E-state index contributed by atoms with van der Waals surface area (Å²) in [6.45, 7) is 3.19. The van der Waals surface area contributed by atoms with Gasteiger partial charge in [-0.05, 0) is 72.8 Å². The molecule has 4 aromatic rings. The zero-order chi connectivity index (χ0) is 34.6. The summed E-state index contributed by atoms with van der Waals surface area (Å²) in [5.74, 6) is 0.0918. The maximum atomic E-state index is 14.0. The molecule has 50 heavy (non-hydrogen) atoms. The number of rotatable bonds is 6. The predicted molar refractivity (Wildman–Crippen MR) is 180 cm³/mol. The highest BCUT2D eigenvalue weighted by Crippen LogP contribution is 2.44. The molecule has 14 heteroatoms. The lowest BCUT2D eigenvalue weighted by Crippen LogP contribution is -2.43. The lowest BCUT2D eigenvalue weighted by Gasteiger charge is -2.29. The van der Waals surface area contributed by atoms with E-state index in [4.69, 9.17) is 0 Å². The first kappa shape index (κ1) is 32.1.